The van der Waals surface area contributed by atoms with Crippen LogP contribution in [0.5, 0.6) is 0 Å². The zero-order chi connectivity index (χ0) is 8.10. The van der Waals surface area contributed by atoms with E-state index in [0.29, 0.717) is 0 Å². The van der Waals surface area contributed by atoms with Crippen LogP contribution in [0.15, 0.2) is 29.0 Å². The maximum absolute atomic E-state index is 4.73. The molecule has 0 N–H and O–H groups in total. The number of rotatable bonds is 2. The Morgan fingerprint density at radius 1 is 1.64 bits per heavy atom. The summed E-state index contributed by atoms with van der Waals surface area (Å²) < 4.78 is 0. The molecule has 0 spiro atoms. The predicted octanol–water partition coefficient (Wildman–Crippen LogP) is 2.29. The van der Waals surface area contributed by atoms with Gasteiger partial charge in [-0.15, -0.1) is 0 Å². The lowest BCUT2D eigenvalue weighted by Gasteiger charge is -2.08. The molecule has 2 nitrogen and oxygen atoms in total. The van der Waals surface area contributed by atoms with Gasteiger partial charge in [0.1, 0.15) is 7.11 Å². The third-order valence-electron chi connectivity index (χ3n) is 1.70. The molecule has 0 bridgehead atoms. The topological polar surface area (TPSA) is 21.6 Å². The van der Waals surface area contributed by atoms with Gasteiger partial charge in [0.2, 0.25) is 0 Å². The first-order chi connectivity index (χ1) is 5.38. The van der Waals surface area contributed by atoms with Crippen molar-refractivity contribution in [3.05, 3.63) is 23.8 Å². The summed E-state index contributed by atoms with van der Waals surface area (Å²) in [7, 11) is 1.58. The van der Waals surface area contributed by atoms with Crippen LogP contribution in [0.1, 0.15) is 19.8 Å². The Morgan fingerprint density at radius 2 is 2.45 bits per heavy atom. The summed E-state index contributed by atoms with van der Waals surface area (Å²) in [5, 5.41) is 3.93. The Bertz CT molecular complexity index is 214. The molecule has 0 fully saturated rings. The van der Waals surface area contributed by atoms with Crippen molar-refractivity contribution >= 4 is 5.71 Å². The molecule has 0 unspecified atom stereocenters. The molecule has 0 aliphatic heterocycles. The van der Waals surface area contributed by atoms with Crippen LogP contribution in [0.4, 0.5) is 0 Å². The third-order valence-corrected chi connectivity index (χ3v) is 1.70. The number of hydrogen-bond donors (Lipinski definition) is 0. The van der Waals surface area contributed by atoms with E-state index in [9.17, 15) is 0 Å². The predicted molar refractivity (Wildman–Crippen MR) is 46.6 cm³/mol. The number of nitrogens with zero attached hydrogens (tertiary/aromatic N) is 1. The van der Waals surface area contributed by atoms with Gasteiger partial charge >= 0.3 is 0 Å². The molecule has 1 rings (SSSR count). The van der Waals surface area contributed by atoms with Crippen molar-refractivity contribution in [1.82, 2.24) is 0 Å². The molecule has 0 atom stereocenters. The molecule has 1 aliphatic carbocycles. The molecule has 0 saturated heterocycles. The van der Waals surface area contributed by atoms with Crippen LogP contribution in [0.3, 0.4) is 0 Å². The monoisotopic (exact) mass is 151 g/mol. The lowest BCUT2D eigenvalue weighted by atomic mass is 10.0. The largest absolute Gasteiger partial charge is 0.399 e. The summed E-state index contributed by atoms with van der Waals surface area (Å²) in [4.78, 5) is 4.73. The molecule has 60 valence electrons. The molecule has 0 radical (unpaired) electrons. The first-order valence-electron chi connectivity index (χ1n) is 3.84. The van der Waals surface area contributed by atoms with Gasteiger partial charge < -0.3 is 4.84 Å². The fourth-order valence-electron chi connectivity index (χ4n) is 1.12. The highest BCUT2D eigenvalue weighted by atomic mass is 16.6. The van der Waals surface area contributed by atoms with Crippen LogP contribution < -0.4 is 0 Å². The summed E-state index contributed by atoms with van der Waals surface area (Å²) in [6.45, 7) is 2.12. The normalized spacial score (nSPS) is 20.2. The van der Waals surface area contributed by atoms with Gasteiger partial charge in [-0.2, -0.15) is 0 Å². The molecule has 11 heavy (non-hydrogen) atoms. The van der Waals surface area contributed by atoms with Crippen molar-refractivity contribution in [3.63, 3.8) is 0 Å². The average Bonchev–Trinajstić information content (AvgIpc) is 2.06. The van der Waals surface area contributed by atoms with Gasteiger partial charge in [-0.1, -0.05) is 30.3 Å². The van der Waals surface area contributed by atoms with E-state index in [-0.39, 0.29) is 0 Å². The molecular formula is C9H13NO. The molecule has 0 aromatic rings. The minimum atomic E-state index is 0.896. The van der Waals surface area contributed by atoms with Gasteiger partial charge in [-0.25, -0.2) is 0 Å². The Labute approximate surface area is 67.2 Å². The quantitative estimate of drug-likeness (QED) is 0.555. The smallest absolute Gasteiger partial charge is 0.106 e. The first-order valence-corrected chi connectivity index (χ1v) is 3.84. The van der Waals surface area contributed by atoms with Crippen molar-refractivity contribution in [2.24, 2.45) is 5.16 Å². The van der Waals surface area contributed by atoms with Crippen LogP contribution in [-0.4, -0.2) is 12.8 Å². The Hall–Kier alpha value is -1.05. The van der Waals surface area contributed by atoms with Crippen molar-refractivity contribution in [2.45, 2.75) is 19.8 Å². The number of allylic oxidation sites excluding steroid dienone is 4. The number of oxime groups is 1. The summed E-state index contributed by atoms with van der Waals surface area (Å²) in [6, 6.07) is 0. The Balaban J connectivity index is 2.75. The minimum Gasteiger partial charge on any atom is -0.399 e. The van der Waals surface area contributed by atoms with Gasteiger partial charge in [-0.05, 0) is 12.0 Å². The second-order valence-electron chi connectivity index (χ2n) is 2.40. The summed E-state index contributed by atoms with van der Waals surface area (Å²) in [5.74, 6) is 0. The van der Waals surface area contributed by atoms with Gasteiger partial charge in [0.15, 0.2) is 0 Å². The number of hydrogen-bond acceptors (Lipinski definition) is 2. The zero-order valence-electron chi connectivity index (χ0n) is 7.00. The highest BCUT2D eigenvalue weighted by Gasteiger charge is 2.06. The highest BCUT2D eigenvalue weighted by Crippen LogP contribution is 2.12. The highest BCUT2D eigenvalue weighted by molar-refractivity contribution is 6.01. The standard InChI is InChI=1S/C9H13NO/c1-3-8-6-4-5-7-9(8)10-11-2/h4-6H,3,7H2,1-2H3. The van der Waals surface area contributed by atoms with E-state index in [2.05, 4.69) is 30.3 Å². The second-order valence-corrected chi connectivity index (χ2v) is 2.40. The van der Waals surface area contributed by atoms with Crippen molar-refractivity contribution < 1.29 is 4.84 Å². The van der Waals surface area contributed by atoms with E-state index in [1.807, 2.05) is 0 Å². The van der Waals surface area contributed by atoms with E-state index in [1.54, 1.807) is 7.11 Å². The third kappa shape index (κ3) is 1.93. The molecule has 0 amide bonds. The maximum atomic E-state index is 4.73. The lowest BCUT2D eigenvalue weighted by Crippen LogP contribution is -2.04. The van der Waals surface area contributed by atoms with Crippen LogP contribution in [0.25, 0.3) is 0 Å². The van der Waals surface area contributed by atoms with Crippen LogP contribution in [0.2, 0.25) is 0 Å². The average molecular weight is 151 g/mol. The molecule has 0 aromatic carbocycles. The minimum absolute atomic E-state index is 0.896. The molecule has 1 aliphatic rings. The summed E-state index contributed by atoms with van der Waals surface area (Å²) >= 11 is 0. The summed E-state index contributed by atoms with van der Waals surface area (Å²) in [5.41, 5.74) is 2.33. The molecule has 0 aromatic heterocycles. The molecule has 0 saturated carbocycles. The van der Waals surface area contributed by atoms with Crippen molar-refractivity contribution in [3.8, 4) is 0 Å². The van der Waals surface area contributed by atoms with Gasteiger partial charge in [-0.3, -0.25) is 0 Å². The zero-order valence-corrected chi connectivity index (χ0v) is 7.00. The van der Waals surface area contributed by atoms with Gasteiger partial charge in [0, 0.05) is 6.42 Å². The molecule has 2 heteroatoms. The van der Waals surface area contributed by atoms with Crippen LogP contribution in [-0.2, 0) is 4.84 Å². The van der Waals surface area contributed by atoms with Crippen LogP contribution in [0, 0.1) is 0 Å². The van der Waals surface area contributed by atoms with E-state index in [4.69, 9.17) is 4.84 Å². The Kier molecular flexibility index (Phi) is 2.90. The lowest BCUT2D eigenvalue weighted by molar-refractivity contribution is 0.213. The van der Waals surface area contributed by atoms with Crippen molar-refractivity contribution in [1.29, 1.82) is 0 Å². The molecular weight excluding hydrogens is 138 g/mol. The van der Waals surface area contributed by atoms with Gasteiger partial charge in [0.25, 0.3) is 0 Å². The fourth-order valence-corrected chi connectivity index (χ4v) is 1.12. The fraction of sp³-hybridized carbons (Fsp3) is 0.444. The maximum Gasteiger partial charge on any atom is 0.106 e. The van der Waals surface area contributed by atoms with E-state index < -0.39 is 0 Å². The van der Waals surface area contributed by atoms with Crippen molar-refractivity contribution in [2.75, 3.05) is 7.11 Å². The van der Waals surface area contributed by atoms with E-state index >= 15 is 0 Å². The van der Waals surface area contributed by atoms with E-state index in [0.717, 1.165) is 18.6 Å². The summed E-state index contributed by atoms with van der Waals surface area (Å²) in [6.07, 6.45) is 8.14. The van der Waals surface area contributed by atoms with Gasteiger partial charge in [0.05, 0.1) is 5.71 Å². The van der Waals surface area contributed by atoms with E-state index in [1.165, 1.54) is 5.57 Å². The molecule has 0 heterocycles. The Morgan fingerprint density at radius 3 is 3.09 bits per heavy atom. The van der Waals surface area contributed by atoms with Crippen LogP contribution >= 0.6 is 0 Å². The SMILES string of the molecule is CCC1=CC=CCC1=NOC. The second kappa shape index (κ2) is 3.96. The first kappa shape index (κ1) is 8.05.